The quantitative estimate of drug-likeness (QED) is 0.226. The van der Waals surface area contributed by atoms with E-state index in [1.807, 2.05) is 40.6 Å². The number of methoxy groups -OCH3 is 1. The Morgan fingerprint density at radius 3 is 2.49 bits per heavy atom. The maximum Gasteiger partial charge on any atom is 0.273 e. The number of aryl methyl sites for hydroxylation is 1. The molecule has 3 aromatic heterocycles. The Morgan fingerprint density at radius 2 is 1.73 bits per heavy atom. The fourth-order valence-corrected chi connectivity index (χ4v) is 6.52. The van der Waals surface area contributed by atoms with Gasteiger partial charge in [0.15, 0.2) is 11.0 Å². The lowest BCUT2D eigenvalue weighted by atomic mass is 10.2. The van der Waals surface area contributed by atoms with E-state index in [2.05, 4.69) is 61.9 Å². The highest BCUT2D eigenvalue weighted by Gasteiger charge is 2.25. The van der Waals surface area contributed by atoms with Gasteiger partial charge in [-0.1, -0.05) is 41.6 Å². The van der Waals surface area contributed by atoms with Crippen LogP contribution in [0.1, 0.15) is 21.1 Å². The Kier molecular flexibility index (Phi) is 7.97. The first-order valence-corrected chi connectivity index (χ1v) is 15.1. The third-order valence-corrected chi connectivity index (χ3v) is 8.92. The van der Waals surface area contributed by atoms with Crippen LogP contribution in [-0.4, -0.2) is 68.8 Å². The molecule has 0 atom stereocenters. The molecule has 9 nitrogen and oxygen atoms in total. The molecule has 0 spiro atoms. The van der Waals surface area contributed by atoms with E-state index in [-0.39, 0.29) is 5.91 Å². The second-order valence-electron chi connectivity index (χ2n) is 9.58. The number of thiazole rings is 1. The molecule has 1 amide bonds. The fourth-order valence-electron chi connectivity index (χ4n) is 4.78. The number of aromatic nitrogens is 5. The molecule has 0 radical (unpaired) electrons. The number of hydrogen-bond donors (Lipinski definition) is 0. The summed E-state index contributed by atoms with van der Waals surface area (Å²) < 4.78 is 7.57. The number of nitrogens with zero attached hydrogens (tertiary/aromatic N) is 7. The summed E-state index contributed by atoms with van der Waals surface area (Å²) in [6.07, 6.45) is 3.51. The number of para-hydroxylation sites is 2. The molecule has 11 heteroatoms. The third kappa shape index (κ3) is 5.82. The zero-order chi connectivity index (χ0) is 28.2. The van der Waals surface area contributed by atoms with Gasteiger partial charge in [0.05, 0.1) is 18.6 Å². The normalized spacial score (nSPS) is 13.4. The van der Waals surface area contributed by atoms with Crippen molar-refractivity contribution in [3.05, 3.63) is 94.7 Å². The second kappa shape index (κ2) is 12.1. The predicted molar refractivity (Wildman–Crippen MR) is 162 cm³/mol. The van der Waals surface area contributed by atoms with Crippen molar-refractivity contribution in [1.29, 1.82) is 0 Å². The molecule has 4 heterocycles. The number of hydrogen-bond acceptors (Lipinski definition) is 9. The lowest BCUT2D eigenvalue weighted by Gasteiger charge is -2.36. The van der Waals surface area contributed by atoms with Crippen LogP contribution in [-0.2, 0) is 5.75 Å². The summed E-state index contributed by atoms with van der Waals surface area (Å²) in [5.41, 5.74) is 4.65. The minimum atomic E-state index is -0.0278. The first kappa shape index (κ1) is 27.0. The molecule has 41 heavy (non-hydrogen) atoms. The van der Waals surface area contributed by atoms with Crippen molar-refractivity contribution >= 4 is 34.7 Å². The van der Waals surface area contributed by atoms with Gasteiger partial charge in [-0.2, -0.15) is 0 Å². The summed E-state index contributed by atoms with van der Waals surface area (Å²) in [4.78, 5) is 26.2. The maximum atomic E-state index is 13.3. The van der Waals surface area contributed by atoms with Crippen molar-refractivity contribution in [1.82, 2.24) is 29.6 Å². The number of pyridine rings is 1. The molecule has 1 aliphatic rings. The van der Waals surface area contributed by atoms with Crippen molar-refractivity contribution < 1.29 is 9.53 Å². The molecule has 1 aliphatic heterocycles. The van der Waals surface area contributed by atoms with Gasteiger partial charge in [-0.3, -0.25) is 14.3 Å². The summed E-state index contributed by atoms with van der Waals surface area (Å²) in [7, 11) is 1.68. The highest BCUT2D eigenvalue weighted by atomic mass is 32.2. The average Bonchev–Trinajstić information content (AvgIpc) is 3.68. The number of piperazine rings is 1. The minimum Gasteiger partial charge on any atom is -0.495 e. The number of anilines is 1. The smallest absolute Gasteiger partial charge is 0.273 e. The molecular formula is C30H29N7O2S2. The van der Waals surface area contributed by atoms with Crippen LogP contribution in [0.25, 0.3) is 17.1 Å². The Balaban J connectivity index is 1.13. The third-order valence-electron chi connectivity index (χ3n) is 6.95. The van der Waals surface area contributed by atoms with Crippen LogP contribution in [0.5, 0.6) is 5.75 Å². The molecule has 1 saturated heterocycles. The van der Waals surface area contributed by atoms with Crippen molar-refractivity contribution in [3.63, 3.8) is 0 Å². The molecule has 0 N–H and O–H groups in total. The second-order valence-corrected chi connectivity index (χ2v) is 11.5. The monoisotopic (exact) mass is 583 g/mol. The number of benzene rings is 2. The Hall–Kier alpha value is -4.22. The number of rotatable bonds is 8. The zero-order valence-electron chi connectivity index (χ0n) is 22.8. The van der Waals surface area contributed by atoms with E-state index in [4.69, 9.17) is 9.72 Å². The van der Waals surface area contributed by atoms with Crippen LogP contribution < -0.4 is 9.64 Å². The van der Waals surface area contributed by atoms with Crippen molar-refractivity contribution in [2.45, 2.75) is 17.8 Å². The summed E-state index contributed by atoms with van der Waals surface area (Å²) in [6.45, 7) is 4.82. The van der Waals surface area contributed by atoms with Crippen molar-refractivity contribution in [3.8, 4) is 22.8 Å². The Bertz CT molecular complexity index is 1630. The molecule has 208 valence electrons. The van der Waals surface area contributed by atoms with E-state index in [1.165, 1.54) is 16.9 Å². The van der Waals surface area contributed by atoms with Crippen LogP contribution in [0.15, 0.2) is 83.6 Å². The first-order chi connectivity index (χ1) is 20.1. The zero-order valence-corrected chi connectivity index (χ0v) is 24.4. The van der Waals surface area contributed by atoms with Gasteiger partial charge in [-0.05, 0) is 43.3 Å². The van der Waals surface area contributed by atoms with E-state index in [0.29, 0.717) is 24.5 Å². The summed E-state index contributed by atoms with van der Waals surface area (Å²) in [5, 5.41) is 12.5. The lowest BCUT2D eigenvalue weighted by molar-refractivity contribution is 0.0741. The standard InChI is InChI=1S/C30H29N7O2S2/c1-21-7-9-23(10-8-21)37-28(22-11-13-31-14-12-22)33-34-30(37)41-20-27-32-24(19-40-27)29(38)36-17-15-35(16-18-36)25-5-3-4-6-26(25)39-2/h3-14,19H,15-18,20H2,1-2H3. The number of thioether (sulfide) groups is 1. The minimum absolute atomic E-state index is 0.0278. The molecule has 0 aliphatic carbocycles. The highest BCUT2D eigenvalue weighted by molar-refractivity contribution is 7.98. The topological polar surface area (TPSA) is 89.3 Å². The van der Waals surface area contributed by atoms with Gasteiger partial charge < -0.3 is 14.5 Å². The molecule has 2 aromatic carbocycles. The van der Waals surface area contributed by atoms with Gasteiger partial charge in [0.1, 0.15) is 16.5 Å². The number of amides is 1. The van der Waals surface area contributed by atoms with Crippen LogP contribution >= 0.6 is 23.1 Å². The number of ether oxygens (including phenoxy) is 1. The van der Waals surface area contributed by atoms with Crippen LogP contribution in [0.2, 0.25) is 0 Å². The average molecular weight is 584 g/mol. The van der Waals surface area contributed by atoms with E-state index in [1.54, 1.807) is 31.3 Å². The van der Waals surface area contributed by atoms with Gasteiger partial charge in [-0.15, -0.1) is 21.5 Å². The maximum absolute atomic E-state index is 13.3. The van der Waals surface area contributed by atoms with Crippen LogP contribution in [0.3, 0.4) is 0 Å². The van der Waals surface area contributed by atoms with E-state index in [0.717, 1.165) is 51.8 Å². The van der Waals surface area contributed by atoms with E-state index in [9.17, 15) is 4.79 Å². The summed E-state index contributed by atoms with van der Waals surface area (Å²) in [6, 6.07) is 20.1. The molecule has 0 bridgehead atoms. The van der Waals surface area contributed by atoms with Gasteiger partial charge in [0, 0.05) is 55.2 Å². The Labute approximate surface area is 246 Å². The fraction of sp³-hybridized carbons (Fsp3) is 0.233. The van der Waals surface area contributed by atoms with Gasteiger partial charge in [-0.25, -0.2) is 4.98 Å². The number of carbonyl (C=O) groups is 1. The molecule has 0 unspecified atom stereocenters. The van der Waals surface area contributed by atoms with Gasteiger partial charge >= 0.3 is 0 Å². The molecule has 6 rings (SSSR count). The molecule has 0 saturated carbocycles. The molecular weight excluding hydrogens is 555 g/mol. The van der Waals surface area contributed by atoms with E-state index < -0.39 is 0 Å². The predicted octanol–water partition coefficient (Wildman–Crippen LogP) is 5.36. The van der Waals surface area contributed by atoms with Gasteiger partial charge in [0.25, 0.3) is 5.91 Å². The summed E-state index contributed by atoms with van der Waals surface area (Å²) in [5.74, 6) is 2.15. The van der Waals surface area contributed by atoms with Crippen molar-refractivity contribution in [2.24, 2.45) is 0 Å². The Morgan fingerprint density at radius 1 is 0.976 bits per heavy atom. The van der Waals surface area contributed by atoms with E-state index >= 15 is 0 Å². The highest BCUT2D eigenvalue weighted by Crippen LogP contribution is 2.31. The van der Waals surface area contributed by atoms with Gasteiger partial charge in [0.2, 0.25) is 0 Å². The van der Waals surface area contributed by atoms with Crippen molar-refractivity contribution in [2.75, 3.05) is 38.2 Å². The number of carbonyl (C=O) groups excluding carboxylic acids is 1. The largest absolute Gasteiger partial charge is 0.495 e. The SMILES string of the molecule is COc1ccccc1N1CCN(C(=O)c2csc(CSc3nnc(-c4ccncc4)n3-c3ccc(C)cc3)n2)CC1. The summed E-state index contributed by atoms with van der Waals surface area (Å²) >= 11 is 3.05. The lowest BCUT2D eigenvalue weighted by Crippen LogP contribution is -2.49. The molecule has 5 aromatic rings. The van der Waals surface area contributed by atoms with Crippen LogP contribution in [0.4, 0.5) is 5.69 Å². The first-order valence-electron chi connectivity index (χ1n) is 13.3. The van der Waals surface area contributed by atoms with Crippen LogP contribution in [0, 0.1) is 6.92 Å². The molecule has 1 fully saturated rings.